The maximum Gasteiger partial charge on any atom is 0.315 e. The third-order valence-electron chi connectivity index (χ3n) is 3.41. The average Bonchev–Trinajstić information content (AvgIpc) is 2.58. The summed E-state index contributed by atoms with van der Waals surface area (Å²) in [7, 11) is 1.57. The molecule has 0 aliphatic heterocycles. The van der Waals surface area contributed by atoms with Gasteiger partial charge in [0.1, 0.15) is 5.38 Å². The maximum atomic E-state index is 11.9. The topological polar surface area (TPSA) is 88.7 Å². The average molecular weight is 372 g/mol. The second-order valence-corrected chi connectivity index (χ2v) is 6.03. The van der Waals surface area contributed by atoms with Crippen LogP contribution in [-0.4, -0.2) is 44.1 Å². The second kappa shape index (κ2) is 10.7. The monoisotopic (exact) mass is 371 g/mol. The zero-order valence-electron chi connectivity index (χ0n) is 15.0. The molecule has 8 heteroatoms. The quantitative estimate of drug-likeness (QED) is 0.458. The number of rotatable bonds is 9. The molecule has 1 aromatic carbocycles. The molecule has 140 valence electrons. The van der Waals surface area contributed by atoms with Crippen molar-refractivity contribution in [2.45, 2.75) is 32.2 Å². The third kappa shape index (κ3) is 7.09. The maximum absolute atomic E-state index is 11.9. The van der Waals surface area contributed by atoms with Gasteiger partial charge in [0.25, 0.3) is 0 Å². The van der Waals surface area contributed by atoms with Gasteiger partial charge in [-0.3, -0.25) is 4.79 Å². The lowest BCUT2D eigenvalue weighted by Gasteiger charge is -2.17. The van der Waals surface area contributed by atoms with Gasteiger partial charge in [-0.1, -0.05) is 6.07 Å². The number of hydrogen-bond donors (Lipinski definition) is 3. The minimum absolute atomic E-state index is 0.220. The lowest BCUT2D eigenvalue weighted by atomic mass is 10.1. The van der Waals surface area contributed by atoms with Crippen LogP contribution in [0.1, 0.15) is 32.4 Å². The SMILES string of the molecule is CCOc1ccc([C@@H](C)NC(=O)NCCNC(=O)[C@H](C)Cl)cc1OC. The largest absolute Gasteiger partial charge is 0.493 e. The molecule has 0 heterocycles. The van der Waals surface area contributed by atoms with E-state index in [1.54, 1.807) is 14.0 Å². The zero-order chi connectivity index (χ0) is 18.8. The van der Waals surface area contributed by atoms with Crippen molar-refractivity contribution >= 4 is 23.5 Å². The molecule has 0 spiro atoms. The van der Waals surface area contributed by atoms with Crippen molar-refractivity contribution in [3.05, 3.63) is 23.8 Å². The zero-order valence-corrected chi connectivity index (χ0v) is 15.8. The predicted octanol–water partition coefficient (Wildman–Crippen LogP) is 2.20. The first-order valence-corrected chi connectivity index (χ1v) is 8.59. The molecule has 2 atom stereocenters. The molecule has 3 N–H and O–H groups in total. The van der Waals surface area contributed by atoms with Gasteiger partial charge in [-0.15, -0.1) is 11.6 Å². The van der Waals surface area contributed by atoms with E-state index in [-0.39, 0.29) is 18.0 Å². The summed E-state index contributed by atoms with van der Waals surface area (Å²) >= 11 is 5.63. The van der Waals surface area contributed by atoms with Crippen LogP contribution in [0.25, 0.3) is 0 Å². The minimum Gasteiger partial charge on any atom is -0.493 e. The van der Waals surface area contributed by atoms with Crippen molar-refractivity contribution in [2.75, 3.05) is 26.8 Å². The number of halogens is 1. The van der Waals surface area contributed by atoms with Crippen LogP contribution in [-0.2, 0) is 4.79 Å². The van der Waals surface area contributed by atoms with Gasteiger partial charge in [0, 0.05) is 13.1 Å². The Morgan fingerprint density at radius 2 is 1.84 bits per heavy atom. The first-order valence-electron chi connectivity index (χ1n) is 8.15. The molecule has 0 aromatic heterocycles. The summed E-state index contributed by atoms with van der Waals surface area (Å²) in [6, 6.07) is 4.98. The predicted molar refractivity (Wildman–Crippen MR) is 97.4 cm³/mol. The Labute approximate surface area is 153 Å². The van der Waals surface area contributed by atoms with Gasteiger partial charge >= 0.3 is 6.03 Å². The van der Waals surface area contributed by atoms with Crippen LogP contribution >= 0.6 is 11.6 Å². The molecule has 0 unspecified atom stereocenters. The van der Waals surface area contributed by atoms with E-state index in [2.05, 4.69) is 16.0 Å². The molecule has 25 heavy (non-hydrogen) atoms. The van der Waals surface area contributed by atoms with Crippen LogP contribution in [0.3, 0.4) is 0 Å². The highest BCUT2D eigenvalue weighted by atomic mass is 35.5. The number of alkyl halides is 1. The Morgan fingerprint density at radius 3 is 2.44 bits per heavy atom. The van der Waals surface area contributed by atoms with Gasteiger partial charge < -0.3 is 25.4 Å². The van der Waals surface area contributed by atoms with Gasteiger partial charge in [0.2, 0.25) is 5.91 Å². The first kappa shape index (κ1) is 20.9. The van der Waals surface area contributed by atoms with Crippen molar-refractivity contribution in [1.29, 1.82) is 0 Å². The Balaban J connectivity index is 2.48. The van der Waals surface area contributed by atoms with Crippen molar-refractivity contribution in [1.82, 2.24) is 16.0 Å². The molecule has 0 saturated carbocycles. The van der Waals surface area contributed by atoms with E-state index in [1.807, 2.05) is 32.0 Å². The summed E-state index contributed by atoms with van der Waals surface area (Å²) in [6.45, 7) is 6.52. The highest BCUT2D eigenvalue weighted by molar-refractivity contribution is 6.30. The number of benzene rings is 1. The fraction of sp³-hybridized carbons (Fsp3) is 0.529. The molecule has 0 fully saturated rings. The highest BCUT2D eigenvalue weighted by Gasteiger charge is 2.13. The smallest absolute Gasteiger partial charge is 0.315 e. The molecule has 0 aliphatic carbocycles. The normalized spacial score (nSPS) is 12.7. The van der Waals surface area contributed by atoms with E-state index in [0.717, 1.165) is 5.56 Å². The Morgan fingerprint density at radius 1 is 1.16 bits per heavy atom. The van der Waals surface area contributed by atoms with Crippen molar-refractivity contribution < 1.29 is 19.1 Å². The van der Waals surface area contributed by atoms with Gasteiger partial charge in [-0.25, -0.2) is 4.79 Å². The molecule has 0 bridgehead atoms. The molecular formula is C17H26ClN3O4. The molecule has 1 rings (SSSR count). The van der Waals surface area contributed by atoms with E-state index < -0.39 is 5.38 Å². The minimum atomic E-state index is -0.594. The molecular weight excluding hydrogens is 346 g/mol. The summed E-state index contributed by atoms with van der Waals surface area (Å²) in [5.41, 5.74) is 0.889. The van der Waals surface area contributed by atoms with Crippen molar-refractivity contribution in [3.63, 3.8) is 0 Å². The molecule has 0 aliphatic rings. The number of hydrogen-bond acceptors (Lipinski definition) is 4. The van der Waals surface area contributed by atoms with Crippen molar-refractivity contribution in [2.24, 2.45) is 0 Å². The summed E-state index contributed by atoms with van der Waals surface area (Å²) in [4.78, 5) is 23.2. The number of urea groups is 1. The standard InChI is InChI=1S/C17H26ClN3O4/c1-5-25-14-7-6-13(10-15(14)24-4)12(3)21-17(23)20-9-8-19-16(22)11(2)18/h6-7,10-12H,5,8-9H2,1-4H3,(H,19,22)(H2,20,21,23)/t11-,12+/m0/s1. The van der Waals surface area contributed by atoms with Gasteiger partial charge in [-0.2, -0.15) is 0 Å². The van der Waals surface area contributed by atoms with Crippen LogP contribution in [0.15, 0.2) is 18.2 Å². The first-order chi connectivity index (χ1) is 11.9. The van der Waals surface area contributed by atoms with Crippen molar-refractivity contribution in [3.8, 4) is 11.5 Å². The number of nitrogens with one attached hydrogen (secondary N) is 3. The number of methoxy groups -OCH3 is 1. The molecule has 0 saturated heterocycles. The molecule has 7 nitrogen and oxygen atoms in total. The van der Waals surface area contributed by atoms with Crippen LogP contribution in [0.4, 0.5) is 4.79 Å². The summed E-state index contributed by atoms with van der Waals surface area (Å²) in [5, 5.41) is 7.52. The second-order valence-electron chi connectivity index (χ2n) is 5.37. The van der Waals surface area contributed by atoms with Crippen LogP contribution in [0.2, 0.25) is 0 Å². The number of amides is 3. The summed E-state index contributed by atoms with van der Waals surface area (Å²) in [5.74, 6) is 1.01. The Kier molecular flexibility index (Phi) is 8.91. The van der Waals surface area contributed by atoms with Crippen LogP contribution < -0.4 is 25.4 Å². The number of carbonyl (C=O) groups excluding carboxylic acids is 2. The number of ether oxygens (including phenoxy) is 2. The Bertz CT molecular complexity index is 581. The fourth-order valence-corrected chi connectivity index (χ4v) is 2.14. The van der Waals surface area contributed by atoms with Crippen LogP contribution in [0, 0.1) is 0 Å². The molecule has 0 radical (unpaired) electrons. The van der Waals surface area contributed by atoms with E-state index in [0.29, 0.717) is 31.2 Å². The summed E-state index contributed by atoms with van der Waals surface area (Å²) in [6.07, 6.45) is 0. The van der Waals surface area contributed by atoms with Gasteiger partial charge in [-0.05, 0) is 38.5 Å². The number of carbonyl (C=O) groups is 2. The summed E-state index contributed by atoms with van der Waals surface area (Å²) < 4.78 is 10.8. The lowest BCUT2D eigenvalue weighted by Crippen LogP contribution is -2.42. The third-order valence-corrected chi connectivity index (χ3v) is 3.60. The van der Waals surface area contributed by atoms with E-state index in [4.69, 9.17) is 21.1 Å². The Hall–Kier alpha value is -2.15. The molecule has 3 amide bonds. The molecule has 1 aromatic rings. The highest BCUT2D eigenvalue weighted by Crippen LogP contribution is 2.30. The van der Waals surface area contributed by atoms with Gasteiger partial charge in [0.15, 0.2) is 11.5 Å². The lowest BCUT2D eigenvalue weighted by molar-refractivity contribution is -0.120. The van der Waals surface area contributed by atoms with E-state index in [1.165, 1.54) is 0 Å². The van der Waals surface area contributed by atoms with E-state index in [9.17, 15) is 9.59 Å². The fourth-order valence-electron chi connectivity index (χ4n) is 2.06. The van der Waals surface area contributed by atoms with Gasteiger partial charge in [0.05, 0.1) is 19.8 Å². The van der Waals surface area contributed by atoms with Crippen LogP contribution in [0.5, 0.6) is 11.5 Å². The van der Waals surface area contributed by atoms with E-state index >= 15 is 0 Å².